The van der Waals surface area contributed by atoms with E-state index in [0.717, 1.165) is 27.9 Å². The smallest absolute Gasteiger partial charge is 0.255 e. The first-order valence-electron chi connectivity index (χ1n) is 6.10. The van der Waals surface area contributed by atoms with Gasteiger partial charge in [0.25, 0.3) is 10.0 Å². The van der Waals surface area contributed by atoms with Crippen LogP contribution in [0.1, 0.15) is 5.56 Å². The largest absolute Gasteiger partial charge is 0.263 e. The highest BCUT2D eigenvalue weighted by molar-refractivity contribution is 7.93. The van der Waals surface area contributed by atoms with Gasteiger partial charge in [-0.25, -0.2) is 17.8 Å². The number of para-hydroxylation sites is 1. The Kier molecular flexibility index (Phi) is 3.38. The summed E-state index contributed by atoms with van der Waals surface area (Å²) in [6.45, 7) is 1.92. The molecule has 0 bridgehead atoms. The Balaban J connectivity index is 1.97. The van der Waals surface area contributed by atoms with Gasteiger partial charge in [0.1, 0.15) is 5.82 Å². The molecule has 0 unspecified atom stereocenters. The van der Waals surface area contributed by atoms with Gasteiger partial charge in [-0.15, -0.1) is 0 Å². The van der Waals surface area contributed by atoms with E-state index in [-0.39, 0.29) is 4.90 Å². The number of sulfonamides is 1. The number of rotatable bonds is 3. The fourth-order valence-electron chi connectivity index (χ4n) is 1.92. The van der Waals surface area contributed by atoms with Gasteiger partial charge in [0, 0.05) is 0 Å². The maximum atomic E-state index is 12.9. The van der Waals surface area contributed by atoms with Crippen molar-refractivity contribution >= 4 is 36.7 Å². The molecule has 7 heteroatoms. The van der Waals surface area contributed by atoms with Gasteiger partial charge in [-0.3, -0.25) is 4.72 Å². The van der Waals surface area contributed by atoms with E-state index in [9.17, 15) is 12.8 Å². The van der Waals surface area contributed by atoms with E-state index in [2.05, 4.69) is 9.71 Å². The number of halogens is 1. The minimum atomic E-state index is -3.76. The van der Waals surface area contributed by atoms with Gasteiger partial charge in [-0.1, -0.05) is 23.5 Å². The normalized spacial score (nSPS) is 11.7. The summed E-state index contributed by atoms with van der Waals surface area (Å²) in [5, 5.41) is 0.295. The van der Waals surface area contributed by atoms with E-state index in [1.807, 2.05) is 25.1 Å². The minimum absolute atomic E-state index is 0.000113. The Morgan fingerprint density at radius 3 is 2.52 bits per heavy atom. The zero-order valence-electron chi connectivity index (χ0n) is 11.0. The molecule has 2 aromatic carbocycles. The molecule has 0 saturated carbocycles. The SMILES string of the molecule is Cc1cccc2sc(NS(=O)(=O)c3ccc(F)cc3)nc12. The molecule has 3 rings (SSSR count). The van der Waals surface area contributed by atoms with Crippen LogP contribution in [-0.2, 0) is 10.0 Å². The van der Waals surface area contributed by atoms with Crippen LogP contribution >= 0.6 is 11.3 Å². The van der Waals surface area contributed by atoms with Gasteiger partial charge in [0.05, 0.1) is 15.1 Å². The molecule has 108 valence electrons. The van der Waals surface area contributed by atoms with Gasteiger partial charge in [-0.2, -0.15) is 0 Å². The predicted octanol–water partition coefficient (Wildman–Crippen LogP) is 3.54. The van der Waals surface area contributed by atoms with Crippen molar-refractivity contribution in [2.24, 2.45) is 0 Å². The Morgan fingerprint density at radius 2 is 1.86 bits per heavy atom. The molecule has 0 saturated heterocycles. The summed E-state index contributed by atoms with van der Waals surface area (Å²) in [5.74, 6) is -0.482. The van der Waals surface area contributed by atoms with E-state index in [1.54, 1.807) is 0 Å². The summed E-state index contributed by atoms with van der Waals surface area (Å²) >= 11 is 1.26. The van der Waals surface area contributed by atoms with Crippen LogP contribution in [0.3, 0.4) is 0 Å². The molecule has 0 amide bonds. The third-order valence-corrected chi connectivity index (χ3v) is 5.39. The molecule has 0 spiro atoms. The van der Waals surface area contributed by atoms with Crippen LogP contribution in [0.5, 0.6) is 0 Å². The first-order chi connectivity index (χ1) is 9.95. The Labute approximate surface area is 125 Å². The van der Waals surface area contributed by atoms with Crippen molar-refractivity contribution in [1.29, 1.82) is 0 Å². The molecular formula is C14H11FN2O2S2. The second-order valence-electron chi connectivity index (χ2n) is 4.50. The summed E-state index contributed by atoms with van der Waals surface area (Å²) in [4.78, 5) is 4.29. The molecule has 21 heavy (non-hydrogen) atoms. The molecule has 4 nitrogen and oxygen atoms in total. The second-order valence-corrected chi connectivity index (χ2v) is 7.21. The van der Waals surface area contributed by atoms with Crippen LogP contribution in [0.2, 0.25) is 0 Å². The molecule has 0 atom stereocenters. The highest BCUT2D eigenvalue weighted by Gasteiger charge is 2.16. The molecule has 1 heterocycles. The highest BCUT2D eigenvalue weighted by atomic mass is 32.2. The van der Waals surface area contributed by atoms with Crippen molar-refractivity contribution in [3.8, 4) is 0 Å². The highest BCUT2D eigenvalue weighted by Crippen LogP contribution is 2.29. The van der Waals surface area contributed by atoms with Gasteiger partial charge in [-0.05, 0) is 42.8 Å². The number of aryl methyl sites for hydroxylation is 1. The summed E-state index contributed by atoms with van der Waals surface area (Å²) < 4.78 is 40.6. The zero-order chi connectivity index (χ0) is 15.0. The first-order valence-corrected chi connectivity index (χ1v) is 8.40. The molecule has 0 aliphatic heterocycles. The number of aromatic nitrogens is 1. The molecule has 0 fully saturated rings. The summed E-state index contributed by atoms with van der Waals surface area (Å²) in [6.07, 6.45) is 0. The number of anilines is 1. The average molecular weight is 322 g/mol. The standard InChI is InChI=1S/C14H11FN2O2S2/c1-9-3-2-4-12-13(9)16-14(20-12)17-21(18,19)11-7-5-10(15)6-8-11/h2-8H,1H3,(H,16,17). The number of nitrogens with zero attached hydrogens (tertiary/aromatic N) is 1. The Hall–Kier alpha value is -1.99. The van der Waals surface area contributed by atoms with Crippen LogP contribution < -0.4 is 4.72 Å². The number of hydrogen-bond donors (Lipinski definition) is 1. The van der Waals surface area contributed by atoms with E-state index < -0.39 is 15.8 Å². The van der Waals surface area contributed by atoms with Crippen molar-refractivity contribution < 1.29 is 12.8 Å². The number of fused-ring (bicyclic) bond motifs is 1. The number of nitrogens with one attached hydrogen (secondary N) is 1. The maximum absolute atomic E-state index is 12.9. The third kappa shape index (κ3) is 2.74. The van der Waals surface area contributed by atoms with Crippen molar-refractivity contribution in [3.63, 3.8) is 0 Å². The van der Waals surface area contributed by atoms with E-state index >= 15 is 0 Å². The number of hydrogen-bond acceptors (Lipinski definition) is 4. The minimum Gasteiger partial charge on any atom is -0.255 e. The van der Waals surface area contributed by atoms with E-state index in [4.69, 9.17) is 0 Å². The van der Waals surface area contributed by atoms with Crippen LogP contribution in [0.4, 0.5) is 9.52 Å². The topological polar surface area (TPSA) is 59.1 Å². The zero-order valence-corrected chi connectivity index (χ0v) is 12.6. The summed E-state index contributed by atoms with van der Waals surface area (Å²) in [5.41, 5.74) is 1.76. The van der Waals surface area contributed by atoms with Crippen molar-refractivity contribution in [1.82, 2.24) is 4.98 Å². The molecule has 0 aliphatic carbocycles. The first kappa shape index (κ1) is 14.0. The maximum Gasteiger partial charge on any atom is 0.263 e. The quantitative estimate of drug-likeness (QED) is 0.802. The lowest BCUT2D eigenvalue weighted by atomic mass is 10.2. The molecule has 0 aliphatic rings. The number of benzene rings is 2. The molecule has 1 aromatic heterocycles. The Bertz CT molecular complexity index is 902. The van der Waals surface area contributed by atoms with Crippen molar-refractivity contribution in [2.75, 3.05) is 4.72 Å². The second kappa shape index (κ2) is 5.09. The molecule has 3 aromatic rings. The van der Waals surface area contributed by atoms with Gasteiger partial charge < -0.3 is 0 Å². The van der Waals surface area contributed by atoms with Gasteiger partial charge in [0.15, 0.2) is 5.13 Å². The fourth-order valence-corrected chi connectivity index (χ4v) is 4.10. The summed E-state index contributed by atoms with van der Waals surface area (Å²) in [7, 11) is -3.76. The predicted molar refractivity (Wildman–Crippen MR) is 81.6 cm³/mol. The lowest BCUT2D eigenvalue weighted by molar-refractivity contribution is 0.599. The lowest BCUT2D eigenvalue weighted by Gasteiger charge is -2.04. The van der Waals surface area contributed by atoms with Crippen molar-refractivity contribution in [2.45, 2.75) is 11.8 Å². The molecular weight excluding hydrogens is 311 g/mol. The van der Waals surface area contributed by atoms with E-state index in [1.165, 1.54) is 23.5 Å². The third-order valence-electron chi connectivity index (χ3n) is 2.97. The van der Waals surface area contributed by atoms with Crippen LogP contribution in [0, 0.1) is 12.7 Å². The van der Waals surface area contributed by atoms with E-state index in [0.29, 0.717) is 5.13 Å². The lowest BCUT2D eigenvalue weighted by Crippen LogP contribution is -2.12. The van der Waals surface area contributed by atoms with Gasteiger partial charge in [0.2, 0.25) is 0 Å². The number of thiazole rings is 1. The van der Waals surface area contributed by atoms with Crippen LogP contribution in [0.15, 0.2) is 47.4 Å². The molecule has 0 radical (unpaired) electrons. The Morgan fingerprint density at radius 1 is 1.14 bits per heavy atom. The van der Waals surface area contributed by atoms with Crippen LogP contribution in [-0.4, -0.2) is 13.4 Å². The van der Waals surface area contributed by atoms with Crippen LogP contribution in [0.25, 0.3) is 10.2 Å². The fraction of sp³-hybridized carbons (Fsp3) is 0.0714. The monoisotopic (exact) mass is 322 g/mol. The average Bonchev–Trinajstić information content (AvgIpc) is 2.82. The molecule has 1 N–H and O–H groups in total. The van der Waals surface area contributed by atoms with Crippen molar-refractivity contribution in [3.05, 3.63) is 53.8 Å². The summed E-state index contributed by atoms with van der Waals surface area (Å²) in [6, 6.07) is 10.4. The van der Waals surface area contributed by atoms with Gasteiger partial charge >= 0.3 is 0 Å².